The van der Waals surface area contributed by atoms with E-state index in [1.165, 1.54) is 29.0 Å². The lowest BCUT2D eigenvalue weighted by atomic mass is 10.1. The van der Waals surface area contributed by atoms with Crippen LogP contribution in [0.25, 0.3) is 45.4 Å². The zero-order chi connectivity index (χ0) is 23.8. The molecule has 0 aliphatic carbocycles. The van der Waals surface area contributed by atoms with E-state index in [1.807, 2.05) is 77.6 Å². The smallest absolute Gasteiger partial charge is 0.235 e. The molecule has 35 heavy (non-hydrogen) atoms. The third kappa shape index (κ3) is 4.15. The maximum atomic E-state index is 13.5. The van der Waals surface area contributed by atoms with Gasteiger partial charge in [0.25, 0.3) is 0 Å². The maximum absolute atomic E-state index is 13.5. The minimum absolute atomic E-state index is 0.280. The van der Waals surface area contributed by atoms with Gasteiger partial charge in [0.05, 0.1) is 11.4 Å². The standard InChI is InChI=1S/C27H19FN6S/c1-18-7-9-20(10-8-18)26-29-30-27-34(26)31-24(35-27)16-13-21-17-33(23-5-3-2-4-6-23)32-25(21)19-11-14-22(28)15-12-19/h2-17H,1H3/b16-13+. The number of aromatic nitrogens is 6. The average Bonchev–Trinajstić information content (AvgIpc) is 3.59. The third-order valence-corrected chi connectivity index (χ3v) is 6.47. The van der Waals surface area contributed by atoms with Crippen LogP contribution in [0.1, 0.15) is 16.1 Å². The number of para-hydroxylation sites is 1. The zero-order valence-corrected chi connectivity index (χ0v) is 19.5. The number of hydrogen-bond acceptors (Lipinski definition) is 5. The van der Waals surface area contributed by atoms with E-state index < -0.39 is 0 Å². The molecule has 0 unspecified atom stereocenters. The van der Waals surface area contributed by atoms with Crippen molar-refractivity contribution >= 4 is 28.4 Å². The Morgan fingerprint density at radius 2 is 1.54 bits per heavy atom. The summed E-state index contributed by atoms with van der Waals surface area (Å²) in [6.07, 6.45) is 5.88. The number of hydrogen-bond donors (Lipinski definition) is 0. The predicted octanol–water partition coefficient (Wildman–Crippen LogP) is 6.32. The second kappa shape index (κ2) is 8.73. The van der Waals surface area contributed by atoms with E-state index in [0.717, 1.165) is 38.0 Å². The summed E-state index contributed by atoms with van der Waals surface area (Å²) in [6, 6.07) is 24.4. The van der Waals surface area contributed by atoms with E-state index in [0.29, 0.717) is 5.82 Å². The summed E-state index contributed by atoms with van der Waals surface area (Å²) in [5.41, 5.74) is 5.58. The molecule has 8 heteroatoms. The normalized spacial score (nSPS) is 11.6. The highest BCUT2D eigenvalue weighted by molar-refractivity contribution is 7.17. The quantitative estimate of drug-likeness (QED) is 0.291. The lowest BCUT2D eigenvalue weighted by Gasteiger charge is -2.00. The van der Waals surface area contributed by atoms with Crippen LogP contribution in [-0.4, -0.2) is 29.6 Å². The Bertz CT molecular complexity index is 1640. The number of benzene rings is 3. The van der Waals surface area contributed by atoms with Gasteiger partial charge in [-0.1, -0.05) is 59.4 Å². The van der Waals surface area contributed by atoms with Crippen molar-refractivity contribution in [3.63, 3.8) is 0 Å². The SMILES string of the molecule is Cc1ccc(-c2nnc3sc(/C=C/c4cn(-c5ccccc5)nc4-c4ccc(F)cc4)nn23)cc1. The Morgan fingerprint density at radius 3 is 2.31 bits per heavy atom. The number of aryl methyl sites for hydroxylation is 1. The first-order valence-corrected chi connectivity index (χ1v) is 11.8. The molecule has 0 fully saturated rings. The molecule has 0 atom stereocenters. The zero-order valence-electron chi connectivity index (χ0n) is 18.7. The molecule has 0 spiro atoms. The minimum atomic E-state index is -0.280. The first-order valence-electron chi connectivity index (χ1n) is 11.0. The fourth-order valence-electron chi connectivity index (χ4n) is 3.80. The molecule has 6 rings (SSSR count). The van der Waals surface area contributed by atoms with Crippen molar-refractivity contribution in [3.8, 4) is 28.3 Å². The lowest BCUT2D eigenvalue weighted by Crippen LogP contribution is -1.94. The molecule has 0 saturated carbocycles. The number of fused-ring (bicyclic) bond motifs is 1. The van der Waals surface area contributed by atoms with Gasteiger partial charge >= 0.3 is 0 Å². The van der Waals surface area contributed by atoms with E-state index in [9.17, 15) is 4.39 Å². The summed E-state index contributed by atoms with van der Waals surface area (Å²) >= 11 is 1.46. The summed E-state index contributed by atoms with van der Waals surface area (Å²) in [6.45, 7) is 2.05. The molecule has 0 radical (unpaired) electrons. The van der Waals surface area contributed by atoms with Crippen molar-refractivity contribution in [2.45, 2.75) is 6.92 Å². The van der Waals surface area contributed by atoms with Crippen molar-refractivity contribution in [3.05, 3.63) is 107 Å². The number of halogens is 1. The van der Waals surface area contributed by atoms with E-state index in [1.54, 1.807) is 16.6 Å². The van der Waals surface area contributed by atoms with Gasteiger partial charge in [-0.15, -0.1) is 10.2 Å². The first kappa shape index (κ1) is 21.1. The van der Waals surface area contributed by atoms with Crippen LogP contribution in [0, 0.1) is 12.7 Å². The highest BCUT2D eigenvalue weighted by Crippen LogP contribution is 2.27. The average molecular weight is 479 g/mol. The monoisotopic (exact) mass is 478 g/mol. The van der Waals surface area contributed by atoms with Gasteiger partial charge < -0.3 is 0 Å². The Kier molecular flexibility index (Phi) is 5.27. The molecule has 3 heterocycles. The lowest BCUT2D eigenvalue weighted by molar-refractivity contribution is 0.628. The van der Waals surface area contributed by atoms with Crippen molar-refractivity contribution < 1.29 is 4.39 Å². The van der Waals surface area contributed by atoms with Gasteiger partial charge in [-0.3, -0.25) is 0 Å². The predicted molar refractivity (Wildman–Crippen MR) is 137 cm³/mol. The summed E-state index contributed by atoms with van der Waals surface area (Å²) in [4.78, 5) is 0.721. The first-order chi connectivity index (χ1) is 17.1. The molecule has 0 aliphatic heterocycles. The second-order valence-corrected chi connectivity index (χ2v) is 9.07. The van der Waals surface area contributed by atoms with Crippen LogP contribution in [-0.2, 0) is 0 Å². The van der Waals surface area contributed by atoms with Crippen LogP contribution in [0.4, 0.5) is 4.39 Å². The summed E-state index contributed by atoms with van der Waals surface area (Å²) in [5, 5.41) is 18.9. The fourth-order valence-corrected chi connectivity index (χ4v) is 4.54. The van der Waals surface area contributed by atoms with Crippen LogP contribution in [0.3, 0.4) is 0 Å². The van der Waals surface area contributed by atoms with Gasteiger partial charge in [-0.05, 0) is 55.5 Å². The van der Waals surface area contributed by atoms with Crippen molar-refractivity contribution in [2.24, 2.45) is 0 Å². The third-order valence-electron chi connectivity index (χ3n) is 5.60. The van der Waals surface area contributed by atoms with Crippen molar-refractivity contribution in [1.82, 2.24) is 29.6 Å². The van der Waals surface area contributed by atoms with Crippen LogP contribution in [0.2, 0.25) is 0 Å². The van der Waals surface area contributed by atoms with Gasteiger partial charge in [-0.25, -0.2) is 9.07 Å². The number of nitrogens with zero attached hydrogens (tertiary/aromatic N) is 6. The van der Waals surface area contributed by atoms with Gasteiger partial charge in [-0.2, -0.15) is 14.7 Å². The summed E-state index contributed by atoms with van der Waals surface area (Å²) in [5.74, 6) is 0.428. The number of rotatable bonds is 5. The fraction of sp³-hybridized carbons (Fsp3) is 0.0370. The Morgan fingerprint density at radius 1 is 0.800 bits per heavy atom. The summed E-state index contributed by atoms with van der Waals surface area (Å²) < 4.78 is 17.1. The van der Waals surface area contributed by atoms with Crippen LogP contribution in [0.5, 0.6) is 0 Å². The van der Waals surface area contributed by atoms with Gasteiger partial charge in [0.1, 0.15) is 10.8 Å². The van der Waals surface area contributed by atoms with Gasteiger partial charge in [0.2, 0.25) is 4.96 Å². The van der Waals surface area contributed by atoms with Gasteiger partial charge in [0, 0.05) is 22.9 Å². The highest BCUT2D eigenvalue weighted by Gasteiger charge is 2.14. The molecule has 0 N–H and O–H groups in total. The molecule has 3 aromatic heterocycles. The van der Waals surface area contributed by atoms with Crippen LogP contribution < -0.4 is 0 Å². The maximum Gasteiger partial charge on any atom is 0.235 e. The molecule has 170 valence electrons. The topological polar surface area (TPSA) is 60.9 Å². The second-order valence-electron chi connectivity index (χ2n) is 8.08. The largest absolute Gasteiger partial charge is 0.240 e. The minimum Gasteiger partial charge on any atom is -0.240 e. The molecular formula is C27H19FN6S. The highest BCUT2D eigenvalue weighted by atomic mass is 32.1. The molecular weight excluding hydrogens is 459 g/mol. The van der Waals surface area contributed by atoms with Crippen molar-refractivity contribution in [2.75, 3.05) is 0 Å². The molecule has 6 aromatic rings. The van der Waals surface area contributed by atoms with Gasteiger partial charge in [0.15, 0.2) is 5.82 Å². The Labute approximate surface area is 204 Å². The Balaban J connectivity index is 1.38. The molecule has 0 saturated heterocycles. The van der Waals surface area contributed by atoms with E-state index in [4.69, 9.17) is 10.2 Å². The van der Waals surface area contributed by atoms with E-state index >= 15 is 0 Å². The van der Waals surface area contributed by atoms with Crippen LogP contribution >= 0.6 is 11.3 Å². The van der Waals surface area contributed by atoms with Crippen LogP contribution in [0.15, 0.2) is 85.1 Å². The van der Waals surface area contributed by atoms with Crippen molar-refractivity contribution in [1.29, 1.82) is 0 Å². The van der Waals surface area contributed by atoms with E-state index in [2.05, 4.69) is 17.1 Å². The van der Waals surface area contributed by atoms with E-state index in [-0.39, 0.29) is 5.82 Å². The molecule has 0 aliphatic rings. The molecule has 3 aromatic carbocycles. The summed E-state index contributed by atoms with van der Waals surface area (Å²) in [7, 11) is 0. The molecule has 6 nitrogen and oxygen atoms in total. The molecule has 0 amide bonds. The Hall–Kier alpha value is -4.43. The molecule has 0 bridgehead atoms.